The molecule has 0 saturated carbocycles. The van der Waals surface area contributed by atoms with Crippen LogP contribution in [0.3, 0.4) is 0 Å². The van der Waals surface area contributed by atoms with Gasteiger partial charge in [0, 0.05) is 0 Å². The average Bonchev–Trinajstić information content (AvgIpc) is 2.73. The van der Waals surface area contributed by atoms with E-state index >= 15 is 0 Å². The van der Waals surface area contributed by atoms with Crippen LogP contribution in [0, 0.1) is 0 Å². The van der Waals surface area contributed by atoms with E-state index in [2.05, 4.69) is 9.97 Å². The van der Waals surface area contributed by atoms with E-state index in [1.165, 1.54) is 0 Å². The number of hydrogen-bond acceptors (Lipinski definition) is 3. The summed E-state index contributed by atoms with van der Waals surface area (Å²) in [5.74, 6) is -0.952. The Morgan fingerprint density at radius 2 is 2.00 bits per heavy atom. The Morgan fingerprint density at radius 1 is 1.26 bits per heavy atom. The number of aromatic nitrogens is 2. The number of benzene rings is 1. The first-order chi connectivity index (χ1) is 9.06. The smallest absolute Gasteiger partial charge is 0.323 e. The van der Waals surface area contributed by atoms with Crippen molar-refractivity contribution in [3.63, 3.8) is 0 Å². The lowest BCUT2D eigenvalue weighted by atomic mass is 10.0. The van der Waals surface area contributed by atoms with Crippen LogP contribution in [-0.4, -0.2) is 27.1 Å². The molecule has 1 aromatic carbocycles. The summed E-state index contributed by atoms with van der Waals surface area (Å²) in [6.45, 7) is 0. The standard InChI is InChI=1S/C13H17N3O3/c14-9(12(17)18)4-2-1-3-8-5-6-10-11(7-8)16-13(19)15-10/h5-7,9H,1-4,14H2,(H,17,18)(H2,15,16,19). The first-order valence-electron chi connectivity index (χ1n) is 6.25. The van der Waals surface area contributed by atoms with Gasteiger partial charge in [-0.3, -0.25) is 4.79 Å². The summed E-state index contributed by atoms with van der Waals surface area (Å²) in [5.41, 5.74) is 7.93. The lowest BCUT2D eigenvalue weighted by molar-refractivity contribution is -0.138. The van der Waals surface area contributed by atoms with Gasteiger partial charge in [0.15, 0.2) is 0 Å². The summed E-state index contributed by atoms with van der Waals surface area (Å²) in [6.07, 6.45) is 2.98. The normalized spacial score (nSPS) is 12.7. The molecular formula is C13H17N3O3. The highest BCUT2D eigenvalue weighted by atomic mass is 16.4. The summed E-state index contributed by atoms with van der Waals surface area (Å²) in [4.78, 5) is 27.1. The Morgan fingerprint density at radius 3 is 2.74 bits per heavy atom. The molecule has 0 aliphatic carbocycles. The summed E-state index contributed by atoms with van der Waals surface area (Å²) in [7, 11) is 0. The van der Waals surface area contributed by atoms with E-state index in [1.807, 2.05) is 18.2 Å². The number of unbranched alkanes of at least 4 members (excludes halogenated alkanes) is 1. The number of hydrogen-bond donors (Lipinski definition) is 4. The van der Waals surface area contributed by atoms with Crippen molar-refractivity contribution in [2.24, 2.45) is 5.73 Å². The fourth-order valence-corrected chi connectivity index (χ4v) is 2.05. The van der Waals surface area contributed by atoms with Crippen molar-refractivity contribution >= 4 is 17.0 Å². The van der Waals surface area contributed by atoms with Crippen LogP contribution in [-0.2, 0) is 11.2 Å². The quantitative estimate of drug-likeness (QED) is 0.582. The molecule has 1 atom stereocenters. The summed E-state index contributed by atoms with van der Waals surface area (Å²) in [6, 6.07) is 4.99. The highest BCUT2D eigenvalue weighted by Crippen LogP contribution is 2.13. The number of carbonyl (C=O) groups is 1. The Bertz CT molecular complexity index is 629. The third-order valence-electron chi connectivity index (χ3n) is 3.13. The molecule has 0 spiro atoms. The highest BCUT2D eigenvalue weighted by Gasteiger charge is 2.10. The molecule has 0 aliphatic rings. The molecule has 2 rings (SSSR count). The zero-order valence-corrected chi connectivity index (χ0v) is 10.5. The maximum atomic E-state index is 11.1. The van der Waals surface area contributed by atoms with E-state index in [1.54, 1.807) is 0 Å². The summed E-state index contributed by atoms with van der Waals surface area (Å²) in [5, 5.41) is 8.66. The van der Waals surface area contributed by atoms with Gasteiger partial charge >= 0.3 is 11.7 Å². The van der Waals surface area contributed by atoms with Gasteiger partial charge in [0.05, 0.1) is 11.0 Å². The number of H-pyrrole nitrogens is 2. The average molecular weight is 263 g/mol. The maximum Gasteiger partial charge on any atom is 0.323 e. The molecule has 5 N–H and O–H groups in total. The Labute approximate surface area is 109 Å². The number of carboxylic acids is 1. The lowest BCUT2D eigenvalue weighted by Gasteiger charge is -2.06. The molecule has 6 nitrogen and oxygen atoms in total. The number of aromatic amines is 2. The van der Waals surface area contributed by atoms with Crippen LogP contribution in [0.2, 0.25) is 0 Å². The first kappa shape index (κ1) is 13.4. The second kappa shape index (κ2) is 5.71. The lowest BCUT2D eigenvalue weighted by Crippen LogP contribution is -2.29. The van der Waals surface area contributed by atoms with E-state index in [0.29, 0.717) is 6.42 Å². The van der Waals surface area contributed by atoms with Gasteiger partial charge < -0.3 is 20.8 Å². The number of nitrogens with one attached hydrogen (secondary N) is 2. The van der Waals surface area contributed by atoms with Gasteiger partial charge in [-0.05, 0) is 37.0 Å². The Balaban J connectivity index is 1.88. The monoisotopic (exact) mass is 263 g/mol. The molecule has 0 fully saturated rings. The summed E-state index contributed by atoms with van der Waals surface area (Å²) < 4.78 is 0. The van der Waals surface area contributed by atoms with Crippen molar-refractivity contribution in [3.8, 4) is 0 Å². The van der Waals surface area contributed by atoms with E-state index in [-0.39, 0.29) is 5.69 Å². The SMILES string of the molecule is NC(CCCCc1ccc2[nH]c(=O)[nH]c2c1)C(=O)O. The minimum atomic E-state index is -0.952. The van der Waals surface area contributed by atoms with Gasteiger partial charge in [0.2, 0.25) is 0 Å². The predicted molar refractivity (Wildman–Crippen MR) is 72.1 cm³/mol. The highest BCUT2D eigenvalue weighted by molar-refractivity contribution is 5.75. The zero-order valence-electron chi connectivity index (χ0n) is 10.5. The molecule has 1 unspecified atom stereocenters. The molecule has 0 bridgehead atoms. The van der Waals surface area contributed by atoms with E-state index in [4.69, 9.17) is 10.8 Å². The van der Waals surface area contributed by atoms with Gasteiger partial charge in [-0.1, -0.05) is 12.5 Å². The van der Waals surface area contributed by atoms with Gasteiger partial charge in [-0.25, -0.2) is 4.79 Å². The van der Waals surface area contributed by atoms with Crippen molar-refractivity contribution in [2.45, 2.75) is 31.7 Å². The molecule has 0 aliphatic heterocycles. The van der Waals surface area contributed by atoms with Gasteiger partial charge in [0.25, 0.3) is 0 Å². The van der Waals surface area contributed by atoms with E-state index in [0.717, 1.165) is 35.9 Å². The zero-order chi connectivity index (χ0) is 13.8. The summed E-state index contributed by atoms with van der Waals surface area (Å²) >= 11 is 0. The molecule has 1 heterocycles. The minimum Gasteiger partial charge on any atom is -0.480 e. The third kappa shape index (κ3) is 3.45. The van der Waals surface area contributed by atoms with Crippen LogP contribution in [0.1, 0.15) is 24.8 Å². The largest absolute Gasteiger partial charge is 0.480 e. The molecule has 1 aromatic heterocycles. The second-order valence-corrected chi connectivity index (χ2v) is 4.65. The number of rotatable bonds is 6. The fourth-order valence-electron chi connectivity index (χ4n) is 2.05. The molecular weight excluding hydrogens is 246 g/mol. The molecule has 6 heteroatoms. The van der Waals surface area contributed by atoms with Crippen LogP contribution in [0.15, 0.2) is 23.0 Å². The van der Waals surface area contributed by atoms with Crippen LogP contribution in [0.5, 0.6) is 0 Å². The van der Waals surface area contributed by atoms with Crippen molar-refractivity contribution in [1.82, 2.24) is 9.97 Å². The van der Waals surface area contributed by atoms with Crippen LogP contribution >= 0.6 is 0 Å². The van der Waals surface area contributed by atoms with Crippen LogP contribution < -0.4 is 11.4 Å². The Hall–Kier alpha value is -2.08. The minimum absolute atomic E-state index is 0.209. The number of nitrogens with two attached hydrogens (primary N) is 1. The number of aliphatic carboxylic acids is 1. The number of carboxylic acid groups (broad SMARTS) is 1. The van der Waals surface area contributed by atoms with Gasteiger partial charge in [0.1, 0.15) is 6.04 Å². The van der Waals surface area contributed by atoms with Crippen molar-refractivity contribution in [3.05, 3.63) is 34.2 Å². The maximum absolute atomic E-state index is 11.1. The van der Waals surface area contributed by atoms with E-state index in [9.17, 15) is 9.59 Å². The predicted octanol–water partition coefficient (Wildman–Crippen LogP) is 0.981. The van der Waals surface area contributed by atoms with Gasteiger partial charge in [-0.15, -0.1) is 0 Å². The van der Waals surface area contributed by atoms with Crippen LogP contribution in [0.4, 0.5) is 0 Å². The molecule has 0 saturated heterocycles. The van der Waals surface area contributed by atoms with Crippen LogP contribution in [0.25, 0.3) is 11.0 Å². The number of aryl methyl sites for hydroxylation is 1. The van der Waals surface area contributed by atoms with E-state index < -0.39 is 12.0 Å². The molecule has 19 heavy (non-hydrogen) atoms. The number of fused-ring (bicyclic) bond motifs is 1. The molecule has 0 radical (unpaired) electrons. The molecule has 0 amide bonds. The van der Waals surface area contributed by atoms with Gasteiger partial charge in [-0.2, -0.15) is 0 Å². The molecule has 2 aromatic rings. The number of imidazole rings is 1. The van der Waals surface area contributed by atoms with Crippen molar-refractivity contribution < 1.29 is 9.90 Å². The van der Waals surface area contributed by atoms with Crippen molar-refractivity contribution in [2.75, 3.05) is 0 Å². The Kier molecular flexibility index (Phi) is 4.01. The second-order valence-electron chi connectivity index (χ2n) is 4.65. The fraction of sp³-hybridized carbons (Fsp3) is 0.385. The third-order valence-corrected chi connectivity index (χ3v) is 3.13. The molecule has 102 valence electrons. The topological polar surface area (TPSA) is 112 Å². The van der Waals surface area contributed by atoms with Crippen molar-refractivity contribution in [1.29, 1.82) is 0 Å². The first-order valence-corrected chi connectivity index (χ1v) is 6.25.